The molecule has 0 aliphatic carbocycles. The van der Waals surface area contributed by atoms with Crippen LogP contribution in [0.1, 0.15) is 30.3 Å². The lowest BCUT2D eigenvalue weighted by Crippen LogP contribution is -2.40. The van der Waals surface area contributed by atoms with Crippen LogP contribution in [0.4, 0.5) is 9.18 Å². The van der Waals surface area contributed by atoms with Gasteiger partial charge in [0.1, 0.15) is 5.82 Å². The highest BCUT2D eigenvalue weighted by atomic mass is 32.1. The highest BCUT2D eigenvalue weighted by molar-refractivity contribution is 7.10. The predicted octanol–water partition coefficient (Wildman–Crippen LogP) is 4.18. The molecule has 0 aliphatic rings. The van der Waals surface area contributed by atoms with Crippen LogP contribution in [0.25, 0.3) is 0 Å². The quantitative estimate of drug-likeness (QED) is 0.883. The first-order valence-electron chi connectivity index (χ1n) is 6.93. The van der Waals surface area contributed by atoms with Gasteiger partial charge in [0, 0.05) is 18.0 Å². The molecule has 1 aromatic heterocycles. The van der Waals surface area contributed by atoms with E-state index in [0.29, 0.717) is 13.1 Å². The molecule has 0 saturated carbocycles. The van der Waals surface area contributed by atoms with Gasteiger partial charge in [-0.2, -0.15) is 0 Å². The number of amides is 2. The minimum absolute atomic E-state index is 0.0286. The highest BCUT2D eigenvalue weighted by Crippen LogP contribution is 2.18. The van der Waals surface area contributed by atoms with Crippen LogP contribution in [0, 0.1) is 5.82 Å². The highest BCUT2D eigenvalue weighted by Gasteiger charge is 2.16. The number of halogens is 1. The van der Waals surface area contributed by atoms with Crippen molar-refractivity contribution >= 4 is 17.4 Å². The number of urea groups is 1. The van der Waals surface area contributed by atoms with E-state index in [4.69, 9.17) is 0 Å². The zero-order valence-corrected chi connectivity index (χ0v) is 13.0. The second kappa shape index (κ2) is 7.22. The number of hydrogen-bond donors (Lipinski definition) is 1. The normalized spacial score (nSPS) is 12.0. The second-order valence-corrected chi connectivity index (χ2v) is 5.81. The van der Waals surface area contributed by atoms with Crippen molar-refractivity contribution in [3.8, 4) is 0 Å². The van der Waals surface area contributed by atoms with Gasteiger partial charge in [-0.25, -0.2) is 9.18 Å². The average molecular weight is 306 g/mol. The molecule has 21 heavy (non-hydrogen) atoms. The summed E-state index contributed by atoms with van der Waals surface area (Å²) < 4.78 is 13.2. The summed E-state index contributed by atoms with van der Waals surface area (Å²) in [6.45, 7) is 4.84. The Morgan fingerprint density at radius 3 is 2.81 bits per heavy atom. The van der Waals surface area contributed by atoms with Crippen LogP contribution < -0.4 is 5.32 Å². The fourth-order valence-electron chi connectivity index (χ4n) is 2.07. The van der Waals surface area contributed by atoms with Gasteiger partial charge in [-0.15, -0.1) is 11.3 Å². The molecular weight excluding hydrogens is 287 g/mol. The molecule has 1 atom stereocenters. The van der Waals surface area contributed by atoms with Gasteiger partial charge in [0.05, 0.1) is 6.04 Å². The lowest BCUT2D eigenvalue weighted by Gasteiger charge is -2.23. The van der Waals surface area contributed by atoms with Crippen molar-refractivity contribution in [1.29, 1.82) is 0 Å². The first kappa shape index (κ1) is 15.5. The van der Waals surface area contributed by atoms with Crippen molar-refractivity contribution in [2.24, 2.45) is 0 Å². The molecule has 1 aromatic carbocycles. The van der Waals surface area contributed by atoms with E-state index in [1.54, 1.807) is 22.3 Å². The van der Waals surface area contributed by atoms with E-state index in [0.717, 1.165) is 10.4 Å². The largest absolute Gasteiger partial charge is 0.331 e. The molecule has 0 radical (unpaired) electrons. The maximum absolute atomic E-state index is 13.2. The monoisotopic (exact) mass is 306 g/mol. The van der Waals surface area contributed by atoms with E-state index in [1.807, 2.05) is 37.4 Å². The summed E-state index contributed by atoms with van der Waals surface area (Å²) in [6.07, 6.45) is 0. The first-order chi connectivity index (χ1) is 10.1. The predicted molar refractivity (Wildman–Crippen MR) is 83.7 cm³/mol. The van der Waals surface area contributed by atoms with Crippen molar-refractivity contribution < 1.29 is 9.18 Å². The Labute approximate surface area is 128 Å². The van der Waals surface area contributed by atoms with Gasteiger partial charge in [-0.1, -0.05) is 18.2 Å². The molecule has 0 bridgehead atoms. The van der Waals surface area contributed by atoms with Gasteiger partial charge in [0.15, 0.2) is 0 Å². The van der Waals surface area contributed by atoms with Crippen LogP contribution in [0.5, 0.6) is 0 Å². The number of carbonyl (C=O) groups is 1. The number of nitrogens with one attached hydrogen (secondary N) is 1. The standard InChI is InChI=1S/C16H19FN2OS/c1-3-19(11-13-6-4-7-14(17)10-13)16(20)18-12(2)15-8-5-9-21-15/h4-10,12H,3,11H2,1-2H3,(H,18,20). The molecule has 1 unspecified atom stereocenters. The molecule has 3 nitrogen and oxygen atoms in total. The fraction of sp³-hybridized carbons (Fsp3) is 0.312. The van der Waals surface area contributed by atoms with E-state index in [-0.39, 0.29) is 17.9 Å². The number of benzene rings is 1. The molecule has 5 heteroatoms. The second-order valence-electron chi connectivity index (χ2n) is 4.83. The number of hydrogen-bond acceptors (Lipinski definition) is 2. The zero-order chi connectivity index (χ0) is 15.2. The third kappa shape index (κ3) is 4.29. The summed E-state index contributed by atoms with van der Waals surface area (Å²) in [5.74, 6) is -0.282. The topological polar surface area (TPSA) is 32.3 Å². The number of thiophene rings is 1. The fourth-order valence-corrected chi connectivity index (χ4v) is 2.80. The Morgan fingerprint density at radius 1 is 1.38 bits per heavy atom. The van der Waals surface area contributed by atoms with Gasteiger partial charge >= 0.3 is 6.03 Å². The molecule has 1 N–H and O–H groups in total. The van der Waals surface area contributed by atoms with Gasteiger partial charge < -0.3 is 10.2 Å². The van der Waals surface area contributed by atoms with Crippen molar-refractivity contribution in [1.82, 2.24) is 10.2 Å². The molecule has 0 saturated heterocycles. The molecule has 1 heterocycles. The lowest BCUT2D eigenvalue weighted by molar-refractivity contribution is 0.195. The molecule has 2 rings (SSSR count). The summed E-state index contributed by atoms with van der Waals surface area (Å²) in [4.78, 5) is 15.1. The van der Waals surface area contributed by atoms with Gasteiger partial charge in [-0.05, 0) is 43.0 Å². The zero-order valence-electron chi connectivity index (χ0n) is 12.2. The van der Waals surface area contributed by atoms with Gasteiger partial charge in [0.2, 0.25) is 0 Å². The smallest absolute Gasteiger partial charge is 0.318 e. The third-order valence-corrected chi connectivity index (χ3v) is 4.30. The molecular formula is C16H19FN2OS. The Morgan fingerprint density at radius 2 is 2.19 bits per heavy atom. The number of rotatable bonds is 5. The van der Waals surface area contributed by atoms with Crippen molar-refractivity contribution in [3.05, 3.63) is 58.0 Å². The molecule has 0 aliphatic heterocycles. The lowest BCUT2D eigenvalue weighted by atomic mass is 10.2. The Bertz CT molecular complexity index is 586. The summed E-state index contributed by atoms with van der Waals surface area (Å²) in [5.41, 5.74) is 0.788. The van der Waals surface area contributed by atoms with Crippen LogP contribution in [0.2, 0.25) is 0 Å². The van der Waals surface area contributed by atoms with Crippen LogP contribution >= 0.6 is 11.3 Å². The van der Waals surface area contributed by atoms with E-state index in [9.17, 15) is 9.18 Å². The van der Waals surface area contributed by atoms with E-state index in [2.05, 4.69) is 5.32 Å². The van der Waals surface area contributed by atoms with Crippen molar-refractivity contribution in [2.75, 3.05) is 6.54 Å². The number of carbonyl (C=O) groups excluding carboxylic acids is 1. The minimum atomic E-state index is -0.282. The first-order valence-corrected chi connectivity index (χ1v) is 7.81. The van der Waals surface area contributed by atoms with Crippen LogP contribution in [0.15, 0.2) is 41.8 Å². The van der Waals surface area contributed by atoms with E-state index in [1.165, 1.54) is 12.1 Å². The maximum atomic E-state index is 13.2. The molecule has 0 spiro atoms. The number of nitrogens with zero attached hydrogens (tertiary/aromatic N) is 1. The van der Waals surface area contributed by atoms with E-state index < -0.39 is 0 Å². The summed E-state index contributed by atoms with van der Waals surface area (Å²) >= 11 is 1.62. The van der Waals surface area contributed by atoms with Crippen molar-refractivity contribution in [2.45, 2.75) is 26.4 Å². The molecule has 2 aromatic rings. The minimum Gasteiger partial charge on any atom is -0.331 e. The average Bonchev–Trinajstić information content (AvgIpc) is 2.99. The Kier molecular flexibility index (Phi) is 5.33. The van der Waals surface area contributed by atoms with Crippen LogP contribution in [-0.2, 0) is 6.54 Å². The van der Waals surface area contributed by atoms with E-state index >= 15 is 0 Å². The molecule has 2 amide bonds. The summed E-state index contributed by atoms with van der Waals surface area (Å²) in [5, 5.41) is 4.96. The van der Waals surface area contributed by atoms with Gasteiger partial charge in [0.25, 0.3) is 0 Å². The van der Waals surface area contributed by atoms with Gasteiger partial charge in [-0.3, -0.25) is 0 Å². The van der Waals surface area contributed by atoms with Crippen LogP contribution in [0.3, 0.4) is 0 Å². The summed E-state index contributed by atoms with van der Waals surface area (Å²) in [7, 11) is 0. The molecule has 0 fully saturated rings. The van der Waals surface area contributed by atoms with Crippen molar-refractivity contribution in [3.63, 3.8) is 0 Å². The maximum Gasteiger partial charge on any atom is 0.318 e. The summed E-state index contributed by atoms with van der Waals surface area (Å²) in [6, 6.07) is 10.1. The molecule has 112 valence electrons. The third-order valence-electron chi connectivity index (χ3n) is 3.24. The SMILES string of the molecule is CCN(Cc1cccc(F)c1)C(=O)NC(C)c1cccs1. The Balaban J connectivity index is 1.98. The van der Waals surface area contributed by atoms with Crippen LogP contribution in [-0.4, -0.2) is 17.5 Å². The Hall–Kier alpha value is -1.88.